The highest BCUT2D eigenvalue weighted by Gasteiger charge is 2.10. The molecule has 1 aromatic carbocycles. The van der Waals surface area contributed by atoms with Crippen LogP contribution in [0.15, 0.2) is 61.4 Å². The minimum absolute atomic E-state index is 0.0625. The lowest BCUT2D eigenvalue weighted by Gasteiger charge is -2.07. The monoisotopic (exact) mass is 415 g/mol. The van der Waals surface area contributed by atoms with Crippen molar-refractivity contribution in [3.05, 3.63) is 67.0 Å². The molecule has 0 saturated heterocycles. The zero-order valence-corrected chi connectivity index (χ0v) is 16.9. The molecule has 10 heteroatoms. The fourth-order valence-electron chi connectivity index (χ4n) is 3.42. The van der Waals surface area contributed by atoms with Crippen molar-refractivity contribution in [1.29, 1.82) is 0 Å². The molecule has 0 radical (unpaired) electrons. The van der Waals surface area contributed by atoms with Crippen molar-refractivity contribution in [2.24, 2.45) is 7.05 Å². The molecule has 0 aliphatic rings. The fraction of sp³-hybridized carbons (Fsp3) is 0.190. The Bertz CT molecular complexity index is 1330. The van der Waals surface area contributed by atoms with Gasteiger partial charge in [0, 0.05) is 31.2 Å². The minimum Gasteiger partial charge on any atom is -0.394 e. The molecule has 0 aliphatic heterocycles. The first-order chi connectivity index (χ1) is 15.2. The highest BCUT2D eigenvalue weighted by Crippen LogP contribution is 2.22. The Hall–Kier alpha value is -4.05. The van der Waals surface area contributed by atoms with Gasteiger partial charge >= 0.3 is 0 Å². The largest absolute Gasteiger partial charge is 0.394 e. The predicted octanol–water partition coefficient (Wildman–Crippen LogP) is 2.21. The number of aliphatic hydroxyl groups excluding tert-OH is 1. The standard InChI is InChI=1S/C21H21N9O/c1-28-14-19(11-23-28)26-21-22-8-17-9-25-30(20(17)27-21)12-15-3-2-4-16(7-15)18-10-24-29(13-18)5-6-31/h2-4,7-11,13-14,31H,5-6,12H2,1H3,(H,22,26,27). The Kier molecular flexibility index (Phi) is 4.89. The highest BCUT2D eigenvalue weighted by molar-refractivity contribution is 5.75. The quantitative estimate of drug-likeness (QED) is 0.419. The molecular weight excluding hydrogens is 394 g/mol. The van der Waals surface area contributed by atoms with Gasteiger partial charge in [-0.2, -0.15) is 20.3 Å². The summed E-state index contributed by atoms with van der Waals surface area (Å²) in [5.74, 6) is 0.493. The topological polar surface area (TPSA) is 112 Å². The van der Waals surface area contributed by atoms with Crippen molar-refractivity contribution < 1.29 is 5.11 Å². The summed E-state index contributed by atoms with van der Waals surface area (Å²) in [6.07, 6.45) is 10.9. The van der Waals surface area contributed by atoms with Crippen molar-refractivity contribution in [3.63, 3.8) is 0 Å². The maximum absolute atomic E-state index is 9.09. The molecule has 0 bridgehead atoms. The number of nitrogens with zero attached hydrogens (tertiary/aromatic N) is 8. The third-order valence-corrected chi connectivity index (χ3v) is 4.89. The zero-order chi connectivity index (χ0) is 21.2. The highest BCUT2D eigenvalue weighted by atomic mass is 16.3. The van der Waals surface area contributed by atoms with Gasteiger partial charge in [0.25, 0.3) is 0 Å². The number of hydrogen-bond donors (Lipinski definition) is 2. The summed E-state index contributed by atoms with van der Waals surface area (Å²) in [7, 11) is 1.86. The van der Waals surface area contributed by atoms with E-state index in [2.05, 4.69) is 42.7 Å². The number of aromatic nitrogens is 8. The van der Waals surface area contributed by atoms with Crippen molar-refractivity contribution >= 4 is 22.7 Å². The summed E-state index contributed by atoms with van der Waals surface area (Å²) in [4.78, 5) is 9.01. The summed E-state index contributed by atoms with van der Waals surface area (Å²) >= 11 is 0. The first-order valence-corrected chi connectivity index (χ1v) is 9.85. The summed E-state index contributed by atoms with van der Waals surface area (Å²) in [5, 5.41) is 26.1. The minimum atomic E-state index is 0.0625. The van der Waals surface area contributed by atoms with Crippen LogP contribution in [-0.2, 0) is 20.1 Å². The lowest BCUT2D eigenvalue weighted by molar-refractivity contribution is 0.269. The van der Waals surface area contributed by atoms with Gasteiger partial charge in [0.2, 0.25) is 5.95 Å². The van der Waals surface area contributed by atoms with Gasteiger partial charge in [0.1, 0.15) is 0 Å². The molecule has 5 rings (SSSR count). The molecule has 2 N–H and O–H groups in total. The smallest absolute Gasteiger partial charge is 0.229 e. The van der Waals surface area contributed by atoms with Gasteiger partial charge in [-0.1, -0.05) is 18.2 Å². The molecule has 0 unspecified atom stereocenters. The summed E-state index contributed by atoms with van der Waals surface area (Å²) in [6.45, 7) is 1.12. The molecule has 0 spiro atoms. The molecule has 0 atom stereocenters. The van der Waals surface area contributed by atoms with Gasteiger partial charge in [-0.15, -0.1) is 0 Å². The number of rotatable bonds is 7. The van der Waals surface area contributed by atoms with Crippen LogP contribution in [-0.4, -0.2) is 51.0 Å². The van der Waals surface area contributed by atoms with Crippen molar-refractivity contribution in [2.75, 3.05) is 11.9 Å². The van der Waals surface area contributed by atoms with E-state index in [4.69, 9.17) is 5.11 Å². The Morgan fingerprint density at radius 2 is 1.94 bits per heavy atom. The maximum atomic E-state index is 9.09. The summed E-state index contributed by atoms with van der Waals surface area (Å²) in [6, 6.07) is 8.24. The van der Waals surface area contributed by atoms with Gasteiger partial charge in [0.15, 0.2) is 5.65 Å². The van der Waals surface area contributed by atoms with Crippen LogP contribution in [0.3, 0.4) is 0 Å². The molecule has 0 saturated carbocycles. The van der Waals surface area contributed by atoms with Crippen LogP contribution in [0.1, 0.15) is 5.56 Å². The number of benzene rings is 1. The fourth-order valence-corrected chi connectivity index (χ4v) is 3.42. The third kappa shape index (κ3) is 4.01. The van der Waals surface area contributed by atoms with Gasteiger partial charge in [-0.05, 0) is 17.2 Å². The van der Waals surface area contributed by atoms with Gasteiger partial charge in [-0.3, -0.25) is 9.36 Å². The van der Waals surface area contributed by atoms with Crippen molar-refractivity contribution in [3.8, 4) is 11.1 Å². The Morgan fingerprint density at radius 3 is 2.77 bits per heavy atom. The van der Waals surface area contributed by atoms with Gasteiger partial charge in [0.05, 0.1) is 49.4 Å². The van der Waals surface area contributed by atoms with Crippen LogP contribution in [0, 0.1) is 0 Å². The Morgan fingerprint density at radius 1 is 1.00 bits per heavy atom. The lowest BCUT2D eigenvalue weighted by Crippen LogP contribution is -2.04. The predicted molar refractivity (Wildman–Crippen MR) is 116 cm³/mol. The Balaban J connectivity index is 1.40. The third-order valence-electron chi connectivity index (χ3n) is 4.89. The molecule has 5 aromatic rings. The van der Waals surface area contributed by atoms with Crippen LogP contribution in [0.2, 0.25) is 0 Å². The second kappa shape index (κ2) is 8.00. The number of aliphatic hydroxyl groups is 1. The molecule has 0 amide bonds. The van der Waals surface area contributed by atoms with Crippen LogP contribution in [0.25, 0.3) is 22.2 Å². The van der Waals surface area contributed by atoms with E-state index in [0.29, 0.717) is 19.0 Å². The molecule has 0 fully saturated rings. The van der Waals surface area contributed by atoms with E-state index in [1.165, 1.54) is 0 Å². The van der Waals surface area contributed by atoms with E-state index in [9.17, 15) is 0 Å². The molecule has 0 aliphatic carbocycles. The number of hydrogen-bond acceptors (Lipinski definition) is 7. The molecule has 10 nitrogen and oxygen atoms in total. The Labute approximate surface area is 177 Å². The van der Waals surface area contributed by atoms with E-state index < -0.39 is 0 Å². The molecule has 4 heterocycles. The first kappa shape index (κ1) is 18.9. The maximum Gasteiger partial charge on any atom is 0.229 e. The first-order valence-electron chi connectivity index (χ1n) is 9.85. The van der Waals surface area contributed by atoms with Crippen molar-refractivity contribution in [1.82, 2.24) is 39.3 Å². The summed E-state index contributed by atoms with van der Waals surface area (Å²) < 4.78 is 5.31. The van der Waals surface area contributed by atoms with E-state index >= 15 is 0 Å². The molecule has 4 aromatic heterocycles. The van der Waals surface area contributed by atoms with Gasteiger partial charge < -0.3 is 10.4 Å². The van der Waals surface area contributed by atoms with Crippen LogP contribution in [0.5, 0.6) is 0 Å². The van der Waals surface area contributed by atoms with Crippen LogP contribution in [0.4, 0.5) is 11.6 Å². The normalized spacial score (nSPS) is 11.3. The lowest BCUT2D eigenvalue weighted by atomic mass is 10.1. The van der Waals surface area contributed by atoms with Crippen molar-refractivity contribution in [2.45, 2.75) is 13.1 Å². The molecular formula is C21H21N9O. The second-order valence-electron chi connectivity index (χ2n) is 7.22. The SMILES string of the molecule is Cn1cc(Nc2ncc3cnn(Cc4cccc(-c5cnn(CCO)c5)c4)c3n2)cn1. The van der Waals surface area contributed by atoms with Gasteiger partial charge in [-0.25, -0.2) is 9.67 Å². The zero-order valence-electron chi connectivity index (χ0n) is 16.9. The second-order valence-corrected chi connectivity index (χ2v) is 7.22. The van der Waals surface area contributed by atoms with E-state index in [-0.39, 0.29) is 6.61 Å². The average Bonchev–Trinajstić information content (AvgIpc) is 3.50. The molecule has 156 valence electrons. The number of aryl methyl sites for hydroxylation is 1. The average molecular weight is 415 g/mol. The van der Waals surface area contributed by atoms with E-state index in [0.717, 1.165) is 33.4 Å². The van der Waals surface area contributed by atoms with E-state index in [1.54, 1.807) is 28.0 Å². The van der Waals surface area contributed by atoms with Crippen LogP contribution < -0.4 is 5.32 Å². The molecule has 31 heavy (non-hydrogen) atoms. The number of fused-ring (bicyclic) bond motifs is 1. The van der Waals surface area contributed by atoms with E-state index in [1.807, 2.05) is 42.5 Å². The van der Waals surface area contributed by atoms with Crippen LogP contribution >= 0.6 is 0 Å². The number of anilines is 2. The number of nitrogens with one attached hydrogen (secondary N) is 1. The summed E-state index contributed by atoms with van der Waals surface area (Å²) in [5.41, 5.74) is 4.74.